The van der Waals surface area contributed by atoms with Gasteiger partial charge in [0.2, 0.25) is 0 Å². The highest BCUT2D eigenvalue weighted by Crippen LogP contribution is 2.22. The Morgan fingerprint density at radius 2 is 2.25 bits per heavy atom. The van der Waals surface area contributed by atoms with Gasteiger partial charge in [0.05, 0.1) is 11.5 Å². The van der Waals surface area contributed by atoms with Gasteiger partial charge in [0, 0.05) is 5.54 Å². The van der Waals surface area contributed by atoms with E-state index >= 15 is 0 Å². The number of sulfone groups is 1. The van der Waals surface area contributed by atoms with E-state index in [9.17, 15) is 8.42 Å². The Labute approximate surface area is 83.2 Å². The Kier molecular flexibility index (Phi) is 2.60. The standard InChI is InChI=1S/C6H11NO2S3/c1-6(7-5(10)11)2-3-12(8,9)4-6/h2-4H2,1H3,(H2,7,10,11)/p-1/t6-/m1/s1. The van der Waals surface area contributed by atoms with E-state index < -0.39 is 15.4 Å². The van der Waals surface area contributed by atoms with Gasteiger partial charge < -0.3 is 30.2 Å². The third kappa shape index (κ3) is 2.53. The van der Waals surface area contributed by atoms with E-state index in [0.717, 1.165) is 0 Å². The molecule has 3 nitrogen and oxygen atoms in total. The summed E-state index contributed by atoms with van der Waals surface area (Å²) in [5.41, 5.74) is -0.433. The summed E-state index contributed by atoms with van der Waals surface area (Å²) in [6.07, 6.45) is 0.589. The molecule has 1 N–H and O–H groups in total. The third-order valence-corrected chi connectivity index (χ3v) is 4.01. The maximum Gasteiger partial charge on any atom is 0.152 e. The van der Waals surface area contributed by atoms with Gasteiger partial charge in [-0.15, -0.1) is 0 Å². The summed E-state index contributed by atoms with van der Waals surface area (Å²) in [4.78, 5) is 0. The first-order chi connectivity index (χ1) is 5.33. The Bertz CT molecular complexity index is 298. The molecule has 0 bridgehead atoms. The fourth-order valence-electron chi connectivity index (χ4n) is 1.36. The van der Waals surface area contributed by atoms with Crippen LogP contribution in [-0.4, -0.2) is 29.8 Å². The molecule has 1 saturated heterocycles. The number of hydrogen-bond donors (Lipinski definition) is 1. The lowest BCUT2D eigenvalue weighted by Crippen LogP contribution is -2.45. The minimum Gasteiger partial charge on any atom is -0.412 e. The van der Waals surface area contributed by atoms with Crippen LogP contribution in [0.15, 0.2) is 0 Å². The quantitative estimate of drug-likeness (QED) is 0.501. The second kappa shape index (κ2) is 3.08. The third-order valence-electron chi connectivity index (χ3n) is 1.91. The Balaban J connectivity index is 2.71. The van der Waals surface area contributed by atoms with Crippen LogP contribution in [0.25, 0.3) is 0 Å². The molecule has 1 atom stereocenters. The zero-order chi connectivity index (χ0) is 9.41. The molecule has 0 aromatic carbocycles. The van der Waals surface area contributed by atoms with Gasteiger partial charge in [0.25, 0.3) is 0 Å². The summed E-state index contributed by atoms with van der Waals surface area (Å²) in [7, 11) is -2.87. The molecule has 0 spiro atoms. The minimum absolute atomic E-state index is 0.136. The summed E-state index contributed by atoms with van der Waals surface area (Å²) in [6.45, 7) is 1.83. The van der Waals surface area contributed by atoms with Crippen LogP contribution in [0.5, 0.6) is 0 Å². The first kappa shape index (κ1) is 10.1. The molecule has 1 rings (SSSR count). The predicted octanol–water partition coefficient (Wildman–Crippen LogP) is -0.0150. The molecule has 70 valence electrons. The van der Waals surface area contributed by atoms with Crippen molar-refractivity contribution in [2.45, 2.75) is 18.9 Å². The first-order valence-electron chi connectivity index (χ1n) is 3.53. The Morgan fingerprint density at radius 1 is 1.67 bits per heavy atom. The molecule has 0 amide bonds. The number of thiocarbonyl (C=S) groups is 1. The van der Waals surface area contributed by atoms with Crippen molar-refractivity contribution >= 4 is 39.0 Å². The molecule has 1 fully saturated rings. The van der Waals surface area contributed by atoms with Crippen LogP contribution < -0.4 is 5.32 Å². The molecule has 0 aromatic heterocycles. The maximum atomic E-state index is 11.1. The van der Waals surface area contributed by atoms with Crippen molar-refractivity contribution < 1.29 is 8.42 Å². The van der Waals surface area contributed by atoms with E-state index in [1.165, 1.54) is 0 Å². The van der Waals surface area contributed by atoms with E-state index in [1.807, 2.05) is 6.92 Å². The predicted molar refractivity (Wildman–Crippen MR) is 54.8 cm³/mol. The molecule has 0 aromatic rings. The van der Waals surface area contributed by atoms with Crippen LogP contribution in [0.1, 0.15) is 13.3 Å². The van der Waals surface area contributed by atoms with Gasteiger partial charge in [0.1, 0.15) is 0 Å². The lowest BCUT2D eigenvalue weighted by atomic mass is 10.0. The second-order valence-electron chi connectivity index (χ2n) is 3.32. The summed E-state index contributed by atoms with van der Waals surface area (Å²) in [5.74, 6) is 0.366. The van der Waals surface area contributed by atoms with Crippen molar-refractivity contribution in [1.29, 1.82) is 0 Å². The SMILES string of the molecule is C[C@@]1(NC(=S)[S-])CCS(=O)(=O)C1. The van der Waals surface area contributed by atoms with Gasteiger partial charge in [-0.05, 0) is 13.3 Å². The summed E-state index contributed by atoms with van der Waals surface area (Å²) in [5, 5.41) is 2.84. The van der Waals surface area contributed by atoms with Gasteiger partial charge in [-0.2, -0.15) is 0 Å². The molecule has 0 saturated carbocycles. The monoisotopic (exact) mass is 224 g/mol. The van der Waals surface area contributed by atoms with Gasteiger partial charge in [-0.1, -0.05) is 4.32 Å². The molecule has 0 unspecified atom stereocenters. The smallest absolute Gasteiger partial charge is 0.152 e. The molecule has 0 aliphatic carbocycles. The number of nitrogens with one attached hydrogen (secondary N) is 1. The van der Waals surface area contributed by atoms with Gasteiger partial charge in [0.15, 0.2) is 9.84 Å². The van der Waals surface area contributed by atoms with Crippen LogP contribution >= 0.6 is 12.2 Å². The van der Waals surface area contributed by atoms with Gasteiger partial charge in [-0.3, -0.25) is 0 Å². The van der Waals surface area contributed by atoms with E-state index in [2.05, 4.69) is 30.2 Å². The van der Waals surface area contributed by atoms with Crippen LogP contribution in [-0.2, 0) is 22.5 Å². The second-order valence-corrected chi connectivity index (χ2v) is 6.57. The lowest BCUT2D eigenvalue weighted by molar-refractivity contribution is 0.478. The normalized spacial score (nSPS) is 33.1. The van der Waals surface area contributed by atoms with Crippen LogP contribution in [0.3, 0.4) is 0 Å². The van der Waals surface area contributed by atoms with E-state index in [4.69, 9.17) is 0 Å². The Morgan fingerprint density at radius 3 is 2.58 bits per heavy atom. The van der Waals surface area contributed by atoms with E-state index in [1.54, 1.807) is 0 Å². The lowest BCUT2D eigenvalue weighted by Gasteiger charge is -2.27. The number of hydrogen-bond acceptors (Lipinski definition) is 4. The highest BCUT2D eigenvalue weighted by Gasteiger charge is 2.37. The molecule has 1 aliphatic heterocycles. The van der Waals surface area contributed by atoms with Crippen LogP contribution in [0.2, 0.25) is 0 Å². The van der Waals surface area contributed by atoms with Crippen LogP contribution in [0, 0.1) is 0 Å². The van der Waals surface area contributed by atoms with Crippen molar-refractivity contribution in [2.75, 3.05) is 11.5 Å². The van der Waals surface area contributed by atoms with Gasteiger partial charge in [-0.25, -0.2) is 8.42 Å². The molecule has 12 heavy (non-hydrogen) atoms. The minimum atomic E-state index is -2.87. The van der Waals surface area contributed by atoms with Crippen molar-refractivity contribution in [3.63, 3.8) is 0 Å². The Hall–Kier alpha value is 0.0600. The van der Waals surface area contributed by atoms with Crippen LogP contribution in [0.4, 0.5) is 0 Å². The summed E-state index contributed by atoms with van der Waals surface area (Å²) < 4.78 is 22.5. The fourth-order valence-corrected chi connectivity index (χ4v) is 3.94. The highest BCUT2D eigenvalue weighted by molar-refractivity contribution is 8.00. The molecular weight excluding hydrogens is 214 g/mol. The zero-order valence-corrected chi connectivity index (χ0v) is 9.11. The van der Waals surface area contributed by atoms with Crippen molar-refractivity contribution in [2.24, 2.45) is 0 Å². The first-order valence-corrected chi connectivity index (χ1v) is 6.16. The summed E-state index contributed by atoms with van der Waals surface area (Å²) >= 11 is 9.38. The molecular formula is C6H10NO2S3-. The maximum absolute atomic E-state index is 11.1. The van der Waals surface area contributed by atoms with Crippen molar-refractivity contribution in [3.8, 4) is 0 Å². The fraction of sp³-hybridized carbons (Fsp3) is 0.833. The molecule has 6 heteroatoms. The average molecular weight is 224 g/mol. The van der Waals surface area contributed by atoms with Gasteiger partial charge >= 0.3 is 0 Å². The molecule has 1 heterocycles. The topological polar surface area (TPSA) is 46.2 Å². The largest absolute Gasteiger partial charge is 0.412 e. The average Bonchev–Trinajstić information content (AvgIpc) is 2.03. The highest BCUT2D eigenvalue weighted by atomic mass is 32.2. The zero-order valence-electron chi connectivity index (χ0n) is 6.66. The molecule has 1 aliphatic rings. The summed E-state index contributed by atoms with van der Waals surface area (Å²) in [6, 6.07) is 0. The van der Waals surface area contributed by atoms with E-state index in [0.29, 0.717) is 6.42 Å². The molecule has 0 radical (unpaired) electrons. The van der Waals surface area contributed by atoms with Crippen molar-refractivity contribution in [3.05, 3.63) is 0 Å². The van der Waals surface area contributed by atoms with E-state index in [-0.39, 0.29) is 15.8 Å². The van der Waals surface area contributed by atoms with Crippen molar-refractivity contribution in [1.82, 2.24) is 5.32 Å². The number of rotatable bonds is 1.